The average molecular weight is 456 g/mol. The second-order valence-electron chi connectivity index (χ2n) is 6.72. The second kappa shape index (κ2) is 7.78. The smallest absolute Gasteiger partial charge is 0.320 e. The fourth-order valence-corrected chi connectivity index (χ4v) is 5.29. The molecule has 6 nitrogen and oxygen atoms in total. The molecule has 0 amide bonds. The summed E-state index contributed by atoms with van der Waals surface area (Å²) < 4.78 is 29.2. The minimum Gasteiger partial charge on any atom is -0.334 e. The Morgan fingerprint density at radius 3 is 2.58 bits per heavy atom. The van der Waals surface area contributed by atoms with Gasteiger partial charge in [-0.3, -0.25) is 9.36 Å². The molecule has 3 aromatic heterocycles. The topological polar surface area (TPSA) is 78.7 Å². The fraction of sp³-hybridized carbons (Fsp3) is 0.0952. The Labute approximate surface area is 182 Å². The molecule has 0 unspecified atom stereocenters. The molecule has 156 valence electrons. The molecule has 0 aliphatic carbocycles. The van der Waals surface area contributed by atoms with Crippen LogP contribution in [-0.2, 0) is 5.75 Å². The summed E-state index contributed by atoms with van der Waals surface area (Å²) in [7, 11) is 0. The number of thioether (sulfide) groups is 1. The average Bonchev–Trinajstić information content (AvgIpc) is 3.37. The standard InChI is InChI=1S/C21H15F2N5OS2/c22-20(23)27-15-9-5-4-8-14(15)25-16(27)11-31-21-26-18-17(19(29)28(21)24)13(10-30-18)12-6-2-1-3-7-12/h1-10,20H,11,24H2. The predicted octanol–water partition coefficient (Wildman–Crippen LogP) is 4.88. The van der Waals surface area contributed by atoms with E-state index < -0.39 is 6.55 Å². The molecule has 0 saturated heterocycles. The highest BCUT2D eigenvalue weighted by Crippen LogP contribution is 2.33. The summed E-state index contributed by atoms with van der Waals surface area (Å²) in [6.45, 7) is -2.73. The molecule has 0 radical (unpaired) electrons. The zero-order chi connectivity index (χ0) is 21.5. The molecule has 3 heterocycles. The van der Waals surface area contributed by atoms with Crippen molar-refractivity contribution < 1.29 is 8.78 Å². The van der Waals surface area contributed by atoms with Crippen molar-refractivity contribution in [1.29, 1.82) is 0 Å². The highest BCUT2D eigenvalue weighted by Gasteiger charge is 2.20. The minimum atomic E-state index is -2.73. The van der Waals surface area contributed by atoms with Gasteiger partial charge in [-0.25, -0.2) is 14.6 Å². The summed E-state index contributed by atoms with van der Waals surface area (Å²) in [4.78, 5) is 22.4. The van der Waals surface area contributed by atoms with E-state index in [9.17, 15) is 13.6 Å². The molecular weight excluding hydrogens is 440 g/mol. The number of para-hydroxylation sites is 2. The number of benzene rings is 2. The number of halogens is 2. The van der Waals surface area contributed by atoms with E-state index in [0.717, 1.165) is 32.1 Å². The van der Waals surface area contributed by atoms with Gasteiger partial charge in [0.15, 0.2) is 5.16 Å². The second-order valence-corrected chi connectivity index (χ2v) is 8.52. The molecule has 0 aliphatic heterocycles. The number of fused-ring (bicyclic) bond motifs is 2. The fourth-order valence-electron chi connectivity index (χ4n) is 3.46. The van der Waals surface area contributed by atoms with Crippen molar-refractivity contribution >= 4 is 44.3 Å². The maximum atomic E-state index is 13.7. The van der Waals surface area contributed by atoms with Gasteiger partial charge < -0.3 is 5.84 Å². The Hall–Kier alpha value is -3.24. The minimum absolute atomic E-state index is 0.0884. The van der Waals surface area contributed by atoms with Gasteiger partial charge in [0.25, 0.3) is 5.56 Å². The molecule has 5 rings (SSSR count). The van der Waals surface area contributed by atoms with Crippen LogP contribution in [0.1, 0.15) is 12.4 Å². The Morgan fingerprint density at radius 2 is 1.81 bits per heavy atom. The summed E-state index contributed by atoms with van der Waals surface area (Å²) >= 11 is 2.44. The van der Waals surface area contributed by atoms with Crippen molar-refractivity contribution in [2.75, 3.05) is 5.84 Å². The lowest BCUT2D eigenvalue weighted by atomic mass is 10.1. The number of nitrogens with two attached hydrogens (primary N) is 1. The maximum absolute atomic E-state index is 13.7. The van der Waals surface area contributed by atoms with Crippen LogP contribution in [0.2, 0.25) is 0 Å². The van der Waals surface area contributed by atoms with Crippen LogP contribution in [0.25, 0.3) is 32.4 Å². The Balaban J connectivity index is 1.53. The third kappa shape index (κ3) is 3.37. The van der Waals surface area contributed by atoms with Crippen LogP contribution >= 0.6 is 23.1 Å². The van der Waals surface area contributed by atoms with Crippen LogP contribution in [0.3, 0.4) is 0 Å². The molecule has 0 fully saturated rings. The molecular formula is C21H15F2N5OS2. The molecule has 2 aromatic carbocycles. The lowest BCUT2D eigenvalue weighted by Crippen LogP contribution is -2.29. The van der Waals surface area contributed by atoms with Crippen LogP contribution in [0.15, 0.2) is 69.9 Å². The van der Waals surface area contributed by atoms with Crippen LogP contribution < -0.4 is 11.4 Å². The van der Waals surface area contributed by atoms with Crippen LogP contribution in [0, 0.1) is 0 Å². The monoisotopic (exact) mass is 455 g/mol. The number of hydrogen-bond donors (Lipinski definition) is 1. The maximum Gasteiger partial charge on any atom is 0.320 e. The van der Waals surface area contributed by atoms with Gasteiger partial charge in [0, 0.05) is 10.9 Å². The predicted molar refractivity (Wildman–Crippen MR) is 120 cm³/mol. The Bertz CT molecular complexity index is 1460. The third-order valence-corrected chi connectivity index (χ3v) is 6.71. The SMILES string of the molecule is Nn1c(SCc2nc3ccccc3n2C(F)F)nc2scc(-c3ccccc3)c2c1=O. The van der Waals surface area contributed by atoms with Crippen LogP contribution in [0.5, 0.6) is 0 Å². The number of hydrogen-bond acceptors (Lipinski definition) is 6. The van der Waals surface area contributed by atoms with E-state index in [2.05, 4.69) is 9.97 Å². The van der Waals surface area contributed by atoms with Crippen LogP contribution in [0.4, 0.5) is 8.78 Å². The zero-order valence-electron chi connectivity index (χ0n) is 15.9. The number of alkyl halides is 2. The number of thiophene rings is 1. The first-order valence-electron chi connectivity index (χ1n) is 9.26. The van der Waals surface area contributed by atoms with Gasteiger partial charge in [0.05, 0.1) is 22.2 Å². The molecule has 0 aliphatic rings. The van der Waals surface area contributed by atoms with E-state index in [1.807, 2.05) is 35.7 Å². The van der Waals surface area contributed by atoms with E-state index in [1.165, 1.54) is 11.3 Å². The van der Waals surface area contributed by atoms with Crippen LogP contribution in [-0.4, -0.2) is 19.2 Å². The molecule has 31 heavy (non-hydrogen) atoms. The number of aromatic nitrogens is 4. The van der Waals surface area contributed by atoms with Gasteiger partial charge in [-0.15, -0.1) is 11.3 Å². The van der Waals surface area contributed by atoms with Gasteiger partial charge >= 0.3 is 6.55 Å². The summed E-state index contributed by atoms with van der Waals surface area (Å²) in [6.07, 6.45) is 0. The van der Waals surface area contributed by atoms with Crippen molar-refractivity contribution in [3.05, 3.63) is 76.2 Å². The number of rotatable bonds is 5. The Kier molecular flexibility index (Phi) is 4.95. The van der Waals surface area contributed by atoms with Gasteiger partial charge in [0.1, 0.15) is 10.7 Å². The normalized spacial score (nSPS) is 11.7. The van der Waals surface area contributed by atoms with E-state index in [4.69, 9.17) is 5.84 Å². The third-order valence-electron chi connectivity index (χ3n) is 4.89. The highest BCUT2D eigenvalue weighted by molar-refractivity contribution is 7.98. The number of nitrogen functional groups attached to an aromatic ring is 1. The van der Waals surface area contributed by atoms with Crippen molar-refractivity contribution in [2.24, 2.45) is 0 Å². The highest BCUT2D eigenvalue weighted by atomic mass is 32.2. The molecule has 0 spiro atoms. The Morgan fingerprint density at radius 1 is 1.06 bits per heavy atom. The molecule has 0 saturated carbocycles. The molecule has 10 heteroatoms. The molecule has 2 N–H and O–H groups in total. The lowest BCUT2D eigenvalue weighted by molar-refractivity contribution is 0.0722. The largest absolute Gasteiger partial charge is 0.334 e. The van der Waals surface area contributed by atoms with Crippen molar-refractivity contribution in [1.82, 2.24) is 19.2 Å². The lowest BCUT2D eigenvalue weighted by Gasteiger charge is -2.09. The zero-order valence-corrected chi connectivity index (χ0v) is 17.5. The van der Waals surface area contributed by atoms with Gasteiger partial charge in [-0.05, 0) is 17.7 Å². The quantitative estimate of drug-likeness (QED) is 0.232. The summed E-state index contributed by atoms with van der Waals surface area (Å²) in [5, 5.41) is 2.56. The number of nitrogens with zero attached hydrogens (tertiary/aromatic N) is 4. The van der Waals surface area contributed by atoms with Crippen molar-refractivity contribution in [3.8, 4) is 11.1 Å². The van der Waals surface area contributed by atoms with Crippen molar-refractivity contribution in [2.45, 2.75) is 17.5 Å². The van der Waals surface area contributed by atoms with E-state index in [1.54, 1.807) is 24.3 Å². The number of imidazole rings is 1. The summed E-state index contributed by atoms with van der Waals surface area (Å²) in [5.74, 6) is 6.32. The molecule has 0 atom stereocenters. The first kappa shape index (κ1) is 19.7. The summed E-state index contributed by atoms with van der Waals surface area (Å²) in [5.41, 5.74) is 2.13. The van der Waals surface area contributed by atoms with Gasteiger partial charge in [0.2, 0.25) is 0 Å². The van der Waals surface area contributed by atoms with E-state index >= 15 is 0 Å². The summed E-state index contributed by atoms with van der Waals surface area (Å²) in [6, 6.07) is 16.2. The van der Waals surface area contributed by atoms with Gasteiger partial charge in [-0.2, -0.15) is 8.78 Å². The van der Waals surface area contributed by atoms with Crippen molar-refractivity contribution in [3.63, 3.8) is 0 Å². The molecule has 5 aromatic rings. The van der Waals surface area contributed by atoms with Gasteiger partial charge in [-0.1, -0.05) is 54.2 Å². The molecule has 0 bridgehead atoms. The van der Waals surface area contributed by atoms with E-state index in [-0.39, 0.29) is 22.3 Å². The van der Waals surface area contributed by atoms with E-state index in [0.29, 0.717) is 21.3 Å². The first-order valence-corrected chi connectivity index (χ1v) is 11.1. The first-order chi connectivity index (χ1) is 15.0.